The van der Waals surface area contributed by atoms with Gasteiger partial charge in [-0.25, -0.2) is 9.78 Å². The largest absolute Gasteiger partial charge is 0.348 e. The summed E-state index contributed by atoms with van der Waals surface area (Å²) < 4.78 is 1.32. The summed E-state index contributed by atoms with van der Waals surface area (Å²) in [5.74, 6) is 0.553. The molecule has 0 spiro atoms. The number of nitrogens with zero attached hydrogens (tertiary/aromatic N) is 3. The van der Waals surface area contributed by atoms with Gasteiger partial charge in [-0.1, -0.05) is 24.3 Å². The first-order valence-corrected chi connectivity index (χ1v) is 8.01. The Hall–Kier alpha value is -2.60. The van der Waals surface area contributed by atoms with Crippen LogP contribution < -0.4 is 5.69 Å². The van der Waals surface area contributed by atoms with Crippen molar-refractivity contribution in [1.82, 2.24) is 19.6 Å². The standard InChI is InChI=1S/C16H12N4OS/c1-22-11-6-4-5-10(9-11)14-18-15-12-7-2-3-8-13(12)17-16(21)20(15)19-14/h2-9H,1H3,(H,17,21). The Bertz CT molecular complexity index is 1050. The van der Waals surface area contributed by atoms with Gasteiger partial charge < -0.3 is 4.98 Å². The lowest BCUT2D eigenvalue weighted by atomic mass is 10.2. The van der Waals surface area contributed by atoms with E-state index in [0.717, 1.165) is 21.4 Å². The molecule has 0 saturated carbocycles. The molecule has 4 rings (SSSR count). The van der Waals surface area contributed by atoms with Crippen LogP contribution in [0.25, 0.3) is 27.9 Å². The molecule has 0 atom stereocenters. The number of H-pyrrole nitrogens is 1. The van der Waals surface area contributed by atoms with Crippen LogP contribution in [0.1, 0.15) is 0 Å². The van der Waals surface area contributed by atoms with Crippen LogP contribution in [0, 0.1) is 0 Å². The fourth-order valence-electron chi connectivity index (χ4n) is 2.47. The van der Waals surface area contributed by atoms with E-state index in [9.17, 15) is 4.79 Å². The third kappa shape index (κ3) is 2.00. The first-order chi connectivity index (χ1) is 10.8. The highest BCUT2D eigenvalue weighted by molar-refractivity contribution is 7.98. The molecule has 1 N–H and O–H groups in total. The molecule has 2 aromatic carbocycles. The Balaban J connectivity index is 2.02. The molecule has 0 saturated heterocycles. The van der Waals surface area contributed by atoms with E-state index in [1.165, 1.54) is 4.52 Å². The van der Waals surface area contributed by atoms with Crippen molar-refractivity contribution in [3.63, 3.8) is 0 Å². The van der Waals surface area contributed by atoms with Gasteiger partial charge in [0, 0.05) is 15.8 Å². The first kappa shape index (κ1) is 13.1. The SMILES string of the molecule is CSc1cccc(-c2nc3c4ccccc4[nH]c(=O)n3n2)c1. The summed E-state index contributed by atoms with van der Waals surface area (Å²) >= 11 is 1.66. The van der Waals surface area contributed by atoms with Crippen molar-refractivity contribution in [3.05, 3.63) is 59.0 Å². The average molecular weight is 308 g/mol. The van der Waals surface area contributed by atoms with Gasteiger partial charge in [0.1, 0.15) is 0 Å². The monoisotopic (exact) mass is 308 g/mol. The van der Waals surface area contributed by atoms with Crippen molar-refractivity contribution in [2.24, 2.45) is 0 Å². The van der Waals surface area contributed by atoms with Gasteiger partial charge in [-0.15, -0.1) is 16.9 Å². The molecule has 0 fully saturated rings. The van der Waals surface area contributed by atoms with Crippen LogP contribution >= 0.6 is 11.8 Å². The summed E-state index contributed by atoms with van der Waals surface area (Å²) in [6, 6.07) is 15.6. The van der Waals surface area contributed by atoms with E-state index in [-0.39, 0.29) is 5.69 Å². The van der Waals surface area contributed by atoms with Gasteiger partial charge in [-0.2, -0.15) is 4.52 Å². The summed E-state index contributed by atoms with van der Waals surface area (Å²) in [4.78, 5) is 20.7. The second-order valence-electron chi connectivity index (χ2n) is 4.88. The highest BCUT2D eigenvalue weighted by atomic mass is 32.2. The predicted molar refractivity (Wildman–Crippen MR) is 88.3 cm³/mol. The van der Waals surface area contributed by atoms with Crippen molar-refractivity contribution in [2.75, 3.05) is 6.26 Å². The molecule has 2 heterocycles. The average Bonchev–Trinajstić information content (AvgIpc) is 3.01. The molecule has 0 amide bonds. The lowest BCUT2D eigenvalue weighted by molar-refractivity contribution is 0.885. The molecule has 6 heteroatoms. The molecule has 0 radical (unpaired) electrons. The topological polar surface area (TPSA) is 63.0 Å². The maximum Gasteiger partial charge on any atom is 0.348 e. The Morgan fingerprint density at radius 2 is 2.00 bits per heavy atom. The summed E-state index contributed by atoms with van der Waals surface area (Å²) in [7, 11) is 0. The Kier molecular flexibility index (Phi) is 2.97. The van der Waals surface area contributed by atoms with E-state index in [1.807, 2.05) is 54.8 Å². The molecular weight excluding hydrogens is 296 g/mol. The fourth-order valence-corrected chi connectivity index (χ4v) is 2.93. The third-order valence-corrected chi connectivity index (χ3v) is 4.26. The van der Waals surface area contributed by atoms with Crippen molar-refractivity contribution < 1.29 is 0 Å². The minimum Gasteiger partial charge on any atom is -0.305 e. The maximum atomic E-state index is 12.2. The second kappa shape index (κ2) is 4.99. The number of hydrogen-bond donors (Lipinski definition) is 1. The van der Waals surface area contributed by atoms with E-state index >= 15 is 0 Å². The number of hydrogen-bond acceptors (Lipinski definition) is 4. The Labute approximate surface area is 130 Å². The molecule has 4 aromatic rings. The van der Waals surface area contributed by atoms with Gasteiger partial charge >= 0.3 is 5.69 Å². The lowest BCUT2D eigenvalue weighted by Gasteiger charge is -1.98. The smallest absolute Gasteiger partial charge is 0.305 e. The minimum absolute atomic E-state index is 0.284. The second-order valence-corrected chi connectivity index (χ2v) is 5.76. The fraction of sp³-hybridized carbons (Fsp3) is 0.0625. The van der Waals surface area contributed by atoms with Crippen LogP contribution in [0.5, 0.6) is 0 Å². The molecule has 22 heavy (non-hydrogen) atoms. The van der Waals surface area contributed by atoms with E-state index in [1.54, 1.807) is 11.8 Å². The van der Waals surface area contributed by atoms with Gasteiger partial charge in [0.05, 0.1) is 5.52 Å². The molecule has 0 aliphatic heterocycles. The van der Waals surface area contributed by atoms with Crippen molar-refractivity contribution in [3.8, 4) is 11.4 Å². The number of aromatic amines is 1. The van der Waals surface area contributed by atoms with E-state index in [4.69, 9.17) is 0 Å². The Morgan fingerprint density at radius 1 is 1.14 bits per heavy atom. The zero-order valence-electron chi connectivity index (χ0n) is 11.8. The normalized spacial score (nSPS) is 11.3. The number of benzene rings is 2. The van der Waals surface area contributed by atoms with E-state index in [0.29, 0.717) is 11.5 Å². The molecule has 0 bridgehead atoms. The van der Waals surface area contributed by atoms with Crippen molar-refractivity contribution >= 4 is 28.3 Å². The first-order valence-electron chi connectivity index (χ1n) is 6.78. The van der Waals surface area contributed by atoms with Crippen LogP contribution in [0.3, 0.4) is 0 Å². The summed E-state index contributed by atoms with van der Waals surface area (Å²) in [5, 5.41) is 5.24. The summed E-state index contributed by atoms with van der Waals surface area (Å²) in [5.41, 5.74) is 1.95. The van der Waals surface area contributed by atoms with Gasteiger partial charge in [0.15, 0.2) is 11.5 Å². The van der Waals surface area contributed by atoms with Crippen LogP contribution in [0.2, 0.25) is 0 Å². The Morgan fingerprint density at radius 3 is 2.86 bits per heavy atom. The molecule has 108 valence electrons. The molecular formula is C16H12N4OS. The molecule has 0 aliphatic rings. The van der Waals surface area contributed by atoms with Crippen LogP contribution in [0.15, 0.2) is 58.2 Å². The van der Waals surface area contributed by atoms with Crippen LogP contribution in [0.4, 0.5) is 0 Å². The summed E-state index contributed by atoms with van der Waals surface area (Å²) in [6.45, 7) is 0. The van der Waals surface area contributed by atoms with E-state index in [2.05, 4.69) is 15.1 Å². The third-order valence-electron chi connectivity index (χ3n) is 3.54. The zero-order chi connectivity index (χ0) is 15.1. The predicted octanol–water partition coefficient (Wildman–Crippen LogP) is 2.96. The number of fused-ring (bicyclic) bond motifs is 3. The summed E-state index contributed by atoms with van der Waals surface area (Å²) in [6.07, 6.45) is 2.02. The van der Waals surface area contributed by atoms with Crippen LogP contribution in [-0.2, 0) is 0 Å². The van der Waals surface area contributed by atoms with Gasteiger partial charge in [-0.05, 0) is 30.5 Å². The van der Waals surface area contributed by atoms with Crippen LogP contribution in [-0.4, -0.2) is 25.8 Å². The lowest BCUT2D eigenvalue weighted by Crippen LogP contribution is -2.17. The van der Waals surface area contributed by atoms with Gasteiger partial charge in [-0.3, -0.25) is 0 Å². The minimum atomic E-state index is -0.284. The number of nitrogens with one attached hydrogen (secondary N) is 1. The number of rotatable bonds is 2. The molecule has 2 aromatic heterocycles. The number of para-hydroxylation sites is 1. The van der Waals surface area contributed by atoms with Crippen molar-refractivity contribution in [2.45, 2.75) is 4.90 Å². The van der Waals surface area contributed by atoms with Crippen molar-refractivity contribution in [1.29, 1.82) is 0 Å². The molecule has 5 nitrogen and oxygen atoms in total. The van der Waals surface area contributed by atoms with Gasteiger partial charge in [0.25, 0.3) is 0 Å². The zero-order valence-corrected chi connectivity index (χ0v) is 12.6. The highest BCUT2D eigenvalue weighted by Crippen LogP contribution is 2.23. The molecule has 0 unspecified atom stereocenters. The van der Waals surface area contributed by atoms with Gasteiger partial charge in [0.2, 0.25) is 0 Å². The molecule has 0 aliphatic carbocycles. The maximum absolute atomic E-state index is 12.2. The number of thioether (sulfide) groups is 1. The number of aromatic nitrogens is 4. The quantitative estimate of drug-likeness (QED) is 0.578. The van der Waals surface area contributed by atoms with E-state index < -0.39 is 0 Å². The highest BCUT2D eigenvalue weighted by Gasteiger charge is 2.12.